The van der Waals surface area contributed by atoms with E-state index in [1.807, 2.05) is 36.8 Å². The molecule has 0 bridgehead atoms. The minimum absolute atomic E-state index is 0. The van der Waals surface area contributed by atoms with Gasteiger partial charge in [-0.2, -0.15) is 5.10 Å². The lowest BCUT2D eigenvalue weighted by Gasteiger charge is -2.39. The molecule has 1 unspecified atom stereocenters. The van der Waals surface area contributed by atoms with Crippen molar-refractivity contribution in [3.05, 3.63) is 66.4 Å². The maximum Gasteiger partial charge on any atom is 0.136 e. The molecule has 7 heteroatoms. The van der Waals surface area contributed by atoms with Crippen LogP contribution < -0.4 is 4.90 Å². The summed E-state index contributed by atoms with van der Waals surface area (Å²) in [7, 11) is 0. The van der Waals surface area contributed by atoms with Crippen LogP contribution in [-0.4, -0.2) is 46.3 Å². The number of hydrogen-bond acceptors (Lipinski definition) is 4. The van der Waals surface area contributed by atoms with E-state index in [9.17, 15) is 4.39 Å². The van der Waals surface area contributed by atoms with Crippen LogP contribution in [0.4, 0.5) is 10.2 Å². The number of anilines is 1. The Kier molecular flexibility index (Phi) is 6.08. The van der Waals surface area contributed by atoms with E-state index in [1.54, 1.807) is 0 Å². The van der Waals surface area contributed by atoms with Crippen LogP contribution in [-0.2, 0) is 0 Å². The summed E-state index contributed by atoms with van der Waals surface area (Å²) in [6, 6.07) is 10.9. The lowest BCUT2D eigenvalue weighted by atomic mass is 10.1. The minimum atomic E-state index is -0.221. The van der Waals surface area contributed by atoms with Crippen molar-refractivity contribution in [1.82, 2.24) is 20.1 Å². The summed E-state index contributed by atoms with van der Waals surface area (Å²) in [5.74, 6) is 0.746. The first-order valence-corrected chi connectivity index (χ1v) is 8.91. The summed E-state index contributed by atoms with van der Waals surface area (Å²) < 4.78 is 13.3. The van der Waals surface area contributed by atoms with E-state index in [2.05, 4.69) is 38.0 Å². The third-order valence-electron chi connectivity index (χ3n) is 5.11. The number of rotatable bonds is 4. The summed E-state index contributed by atoms with van der Waals surface area (Å²) >= 11 is 0. The van der Waals surface area contributed by atoms with Gasteiger partial charge < -0.3 is 4.90 Å². The topological polar surface area (TPSA) is 48.1 Å². The van der Waals surface area contributed by atoms with Crippen molar-refractivity contribution in [1.29, 1.82) is 0 Å². The third kappa shape index (κ3) is 4.12. The first-order valence-electron chi connectivity index (χ1n) is 8.91. The molecular weight excluding hydrogens is 365 g/mol. The zero-order chi connectivity index (χ0) is 17.9. The number of halogens is 2. The molecule has 27 heavy (non-hydrogen) atoms. The number of aromatic nitrogens is 3. The van der Waals surface area contributed by atoms with E-state index in [0.717, 1.165) is 43.1 Å². The van der Waals surface area contributed by atoms with Gasteiger partial charge in [0.1, 0.15) is 11.6 Å². The van der Waals surface area contributed by atoms with Crippen LogP contribution >= 0.6 is 12.4 Å². The van der Waals surface area contributed by atoms with Crippen molar-refractivity contribution in [2.24, 2.45) is 0 Å². The second-order valence-corrected chi connectivity index (χ2v) is 6.61. The number of hydrogen-bond donors (Lipinski definition) is 1. The van der Waals surface area contributed by atoms with Gasteiger partial charge in [-0.3, -0.25) is 10.00 Å². The molecule has 0 aliphatic carbocycles. The van der Waals surface area contributed by atoms with Gasteiger partial charge in [-0.25, -0.2) is 9.37 Å². The predicted octanol–water partition coefficient (Wildman–Crippen LogP) is 3.92. The molecule has 0 radical (unpaired) electrons. The van der Waals surface area contributed by atoms with E-state index in [0.29, 0.717) is 6.04 Å². The number of piperazine rings is 1. The van der Waals surface area contributed by atoms with E-state index < -0.39 is 0 Å². The highest BCUT2D eigenvalue weighted by molar-refractivity contribution is 5.85. The summed E-state index contributed by atoms with van der Waals surface area (Å²) in [6.45, 7) is 5.96. The molecule has 0 amide bonds. The number of nitrogens with zero attached hydrogens (tertiary/aromatic N) is 4. The molecule has 1 saturated heterocycles. The Hall–Kier alpha value is -2.44. The Balaban J connectivity index is 0.00000210. The number of aromatic amines is 1. The van der Waals surface area contributed by atoms with Gasteiger partial charge in [-0.05, 0) is 36.8 Å². The van der Waals surface area contributed by atoms with Crippen LogP contribution in [0.25, 0.3) is 11.1 Å². The van der Waals surface area contributed by atoms with Crippen molar-refractivity contribution in [2.75, 3.05) is 31.1 Å². The highest BCUT2D eigenvalue weighted by Gasteiger charge is 2.24. The summed E-state index contributed by atoms with van der Waals surface area (Å²) in [5.41, 5.74) is 3.25. The van der Waals surface area contributed by atoms with Gasteiger partial charge in [0.2, 0.25) is 0 Å². The summed E-state index contributed by atoms with van der Waals surface area (Å²) in [6.07, 6.45) is 5.67. The van der Waals surface area contributed by atoms with Crippen LogP contribution in [0, 0.1) is 5.82 Å². The Morgan fingerprint density at radius 1 is 1.07 bits per heavy atom. The average molecular weight is 388 g/mol. The molecule has 1 aliphatic heterocycles. The fourth-order valence-electron chi connectivity index (χ4n) is 3.52. The predicted molar refractivity (Wildman–Crippen MR) is 108 cm³/mol. The number of H-pyrrole nitrogens is 1. The molecule has 1 N–H and O–H groups in total. The molecule has 142 valence electrons. The molecule has 1 atom stereocenters. The van der Waals surface area contributed by atoms with Crippen molar-refractivity contribution in [3.63, 3.8) is 0 Å². The molecule has 0 spiro atoms. The zero-order valence-electron chi connectivity index (χ0n) is 15.2. The fraction of sp³-hybridized carbons (Fsp3) is 0.300. The molecule has 1 aromatic carbocycles. The molecule has 3 heterocycles. The van der Waals surface area contributed by atoms with Crippen molar-refractivity contribution >= 4 is 18.2 Å². The number of pyridine rings is 1. The quantitative estimate of drug-likeness (QED) is 0.737. The van der Waals surface area contributed by atoms with E-state index in [1.165, 1.54) is 17.7 Å². The van der Waals surface area contributed by atoms with Crippen LogP contribution in [0.3, 0.4) is 0 Å². The van der Waals surface area contributed by atoms with Gasteiger partial charge in [-0.1, -0.05) is 12.1 Å². The lowest BCUT2D eigenvalue weighted by Crippen LogP contribution is -2.47. The van der Waals surface area contributed by atoms with Crippen molar-refractivity contribution in [2.45, 2.75) is 13.0 Å². The van der Waals surface area contributed by atoms with Crippen LogP contribution in [0.2, 0.25) is 0 Å². The highest BCUT2D eigenvalue weighted by atomic mass is 35.5. The largest absolute Gasteiger partial charge is 0.354 e. The average Bonchev–Trinajstić information content (AvgIpc) is 3.23. The molecular formula is C20H23ClFN5. The van der Waals surface area contributed by atoms with Gasteiger partial charge in [0.05, 0.1) is 6.20 Å². The number of nitrogens with one attached hydrogen (secondary N) is 1. The summed E-state index contributed by atoms with van der Waals surface area (Å²) in [5, 5.41) is 6.94. The SMILES string of the molecule is CC(c1cn[nH]c1)N1CCN(c2ncccc2-c2ccc(F)cc2)CC1.Cl. The van der Waals surface area contributed by atoms with Crippen molar-refractivity contribution in [3.8, 4) is 11.1 Å². The molecule has 0 saturated carbocycles. The minimum Gasteiger partial charge on any atom is -0.354 e. The van der Waals surface area contributed by atoms with E-state index >= 15 is 0 Å². The smallest absolute Gasteiger partial charge is 0.136 e. The van der Waals surface area contributed by atoms with Gasteiger partial charge in [-0.15, -0.1) is 12.4 Å². The standard InChI is InChI=1S/C20H22FN5.ClH/c1-15(17-13-23-24-14-17)25-9-11-26(12-10-25)20-19(3-2-8-22-20)16-4-6-18(21)7-5-16;/h2-8,13-15H,9-12H2,1H3,(H,23,24);1H. The van der Waals surface area contributed by atoms with Crippen LogP contribution in [0.15, 0.2) is 55.0 Å². The molecule has 4 rings (SSSR count). The Morgan fingerprint density at radius 2 is 1.81 bits per heavy atom. The van der Waals surface area contributed by atoms with Gasteiger partial charge in [0.15, 0.2) is 0 Å². The lowest BCUT2D eigenvalue weighted by molar-refractivity contribution is 0.198. The first-order chi connectivity index (χ1) is 12.7. The molecule has 5 nitrogen and oxygen atoms in total. The molecule has 1 fully saturated rings. The normalized spacial score (nSPS) is 16.0. The fourth-order valence-corrected chi connectivity index (χ4v) is 3.52. The molecule has 3 aromatic rings. The second kappa shape index (κ2) is 8.50. The summed E-state index contributed by atoms with van der Waals surface area (Å²) in [4.78, 5) is 9.40. The monoisotopic (exact) mass is 387 g/mol. The van der Waals surface area contributed by atoms with E-state index in [-0.39, 0.29) is 18.2 Å². The van der Waals surface area contributed by atoms with E-state index in [4.69, 9.17) is 0 Å². The molecule has 2 aromatic heterocycles. The molecule has 1 aliphatic rings. The maximum absolute atomic E-state index is 13.3. The Bertz CT molecular complexity index is 845. The van der Waals surface area contributed by atoms with Crippen LogP contribution in [0.5, 0.6) is 0 Å². The second-order valence-electron chi connectivity index (χ2n) is 6.61. The Morgan fingerprint density at radius 3 is 2.48 bits per heavy atom. The van der Waals surface area contributed by atoms with Gasteiger partial charge >= 0.3 is 0 Å². The first kappa shape index (κ1) is 19.3. The van der Waals surface area contributed by atoms with Gasteiger partial charge in [0, 0.05) is 55.7 Å². The number of benzene rings is 1. The highest BCUT2D eigenvalue weighted by Crippen LogP contribution is 2.30. The third-order valence-corrected chi connectivity index (χ3v) is 5.11. The van der Waals surface area contributed by atoms with Crippen LogP contribution in [0.1, 0.15) is 18.5 Å². The van der Waals surface area contributed by atoms with Crippen molar-refractivity contribution < 1.29 is 4.39 Å². The Labute approximate surface area is 164 Å². The zero-order valence-corrected chi connectivity index (χ0v) is 16.0. The maximum atomic E-state index is 13.3. The van der Waals surface area contributed by atoms with Gasteiger partial charge in [0.25, 0.3) is 0 Å².